The van der Waals surface area contributed by atoms with Crippen molar-refractivity contribution in [3.8, 4) is 34.3 Å². The van der Waals surface area contributed by atoms with Crippen LogP contribution >= 0.6 is 0 Å². The predicted octanol–water partition coefficient (Wildman–Crippen LogP) is 15.8. The maximum absolute atomic E-state index is 9.31. The summed E-state index contributed by atoms with van der Waals surface area (Å²) in [5.74, 6) is 2.06. The van der Waals surface area contributed by atoms with Crippen LogP contribution < -0.4 is 4.74 Å². The van der Waals surface area contributed by atoms with Crippen LogP contribution in [0.3, 0.4) is 0 Å². The number of hydrogen-bond donors (Lipinski definition) is 0. The maximum Gasteiger partial charge on any atom is 0.139 e. The van der Waals surface area contributed by atoms with E-state index < -0.39 is 12.7 Å². The molecule has 0 saturated heterocycles. The first-order valence-electron chi connectivity index (χ1n) is 24.1. The molecule has 0 radical (unpaired) electrons. The van der Waals surface area contributed by atoms with Crippen molar-refractivity contribution in [3.63, 3.8) is 0 Å². The Morgan fingerprint density at radius 1 is 0.508 bits per heavy atom. The lowest BCUT2D eigenvalue weighted by molar-refractivity contribution is 0.479. The highest BCUT2D eigenvalue weighted by Gasteiger charge is 2.26. The summed E-state index contributed by atoms with van der Waals surface area (Å²) in [6.07, 6.45) is 0.191. The fourth-order valence-corrected chi connectivity index (χ4v) is 8.94. The monoisotopic (exact) mass is 835 g/mol. The summed E-state index contributed by atoms with van der Waals surface area (Å²) in [7, 11) is 0. The zero-order valence-electron chi connectivity index (χ0n) is 43.2. The van der Waals surface area contributed by atoms with Crippen LogP contribution in [0.4, 0.5) is 0 Å². The summed E-state index contributed by atoms with van der Waals surface area (Å²) in [6.45, 7) is 27.0. The number of benzene rings is 5. The highest BCUT2D eigenvalue weighted by Crippen LogP contribution is 2.43. The van der Waals surface area contributed by atoms with Crippen molar-refractivity contribution in [2.45, 2.75) is 119 Å². The molecule has 4 aromatic heterocycles. The van der Waals surface area contributed by atoms with Gasteiger partial charge in [-0.2, -0.15) is 0 Å². The Balaban J connectivity index is 1.31. The molecule has 0 N–H and O–H groups in total. The van der Waals surface area contributed by atoms with E-state index in [4.69, 9.17) is 14.7 Å². The number of aryl methyl sites for hydroxylation is 4. The van der Waals surface area contributed by atoms with Crippen molar-refractivity contribution < 1.29 is 10.2 Å². The van der Waals surface area contributed by atoms with E-state index in [-0.39, 0.29) is 16.2 Å². The smallest absolute Gasteiger partial charge is 0.139 e. The fraction of sp³-hybridized carbons (Fsp3) is 0.310. The lowest BCUT2D eigenvalue weighted by Crippen LogP contribution is -2.12. The Labute approximate surface area is 379 Å². The molecule has 0 fully saturated rings. The highest BCUT2D eigenvalue weighted by atomic mass is 16.5. The quantitative estimate of drug-likeness (QED) is 0.161. The van der Waals surface area contributed by atoms with Crippen molar-refractivity contribution in [1.82, 2.24) is 19.1 Å². The van der Waals surface area contributed by atoms with Crippen molar-refractivity contribution in [2.75, 3.05) is 0 Å². The first kappa shape index (κ1) is 37.4. The number of rotatable bonds is 7. The van der Waals surface area contributed by atoms with Gasteiger partial charge in [-0.1, -0.05) is 99.9 Å². The SMILES string of the molecule is [2H]C([2H])(C)c1cc(C(C)(C)C)cc2c3cc(C(C)(C)C)cc(C([2H])([2H])C)c3n(-c3ccnc(-n4c5ccc(C)cc5c5ccc(Oc6cc(-c7cc(C)ccn7)cc(C(C)(C)C)c6)cc54)c3)c12. The predicted molar refractivity (Wildman–Crippen MR) is 267 cm³/mol. The van der Waals surface area contributed by atoms with Gasteiger partial charge in [-0.3, -0.25) is 9.55 Å². The molecule has 4 heterocycles. The third-order valence-electron chi connectivity index (χ3n) is 12.6. The third kappa shape index (κ3) is 7.60. The summed E-state index contributed by atoms with van der Waals surface area (Å²) in [6, 6.07) is 35.6. The molecule has 0 spiro atoms. The van der Waals surface area contributed by atoms with Crippen LogP contribution in [0.25, 0.3) is 66.4 Å². The van der Waals surface area contributed by atoms with Crippen LogP contribution in [0.1, 0.15) is 121 Å². The summed E-state index contributed by atoms with van der Waals surface area (Å²) in [5, 5.41) is 3.92. The van der Waals surface area contributed by atoms with Gasteiger partial charge in [0.15, 0.2) is 0 Å². The van der Waals surface area contributed by atoms with Gasteiger partial charge in [0.2, 0.25) is 0 Å². The molecule has 0 bridgehead atoms. The number of ether oxygens (including phenoxy) is 1. The van der Waals surface area contributed by atoms with Gasteiger partial charge < -0.3 is 9.30 Å². The number of fused-ring (bicyclic) bond motifs is 6. The van der Waals surface area contributed by atoms with Crippen LogP contribution in [-0.4, -0.2) is 19.1 Å². The maximum atomic E-state index is 9.31. The molecule has 0 unspecified atom stereocenters. The first-order chi connectivity index (χ1) is 31.2. The molecular formula is C58H62N4O. The number of nitrogens with zero attached hydrogens (tertiary/aromatic N) is 4. The zero-order valence-corrected chi connectivity index (χ0v) is 39.2. The van der Waals surface area contributed by atoms with Gasteiger partial charge in [-0.15, -0.1) is 0 Å². The van der Waals surface area contributed by atoms with Gasteiger partial charge in [0.05, 0.1) is 33.4 Å². The van der Waals surface area contributed by atoms with E-state index in [0.29, 0.717) is 22.7 Å². The molecule has 9 rings (SSSR count). The van der Waals surface area contributed by atoms with E-state index in [9.17, 15) is 5.48 Å². The molecule has 0 aliphatic heterocycles. The summed E-state index contributed by atoms with van der Waals surface area (Å²) < 4.78 is 48.4. The molecule has 9 aromatic rings. The van der Waals surface area contributed by atoms with Gasteiger partial charge in [-0.05, 0) is 149 Å². The summed E-state index contributed by atoms with van der Waals surface area (Å²) >= 11 is 0. The minimum absolute atomic E-state index is 0.134. The van der Waals surface area contributed by atoms with E-state index in [1.54, 1.807) is 20.0 Å². The molecule has 5 nitrogen and oxygen atoms in total. The Bertz CT molecular complexity index is 3350. The Hall–Kier alpha value is -6.20. The first-order valence-corrected chi connectivity index (χ1v) is 22.1. The van der Waals surface area contributed by atoms with Gasteiger partial charge in [0.25, 0.3) is 0 Å². The van der Waals surface area contributed by atoms with Gasteiger partial charge >= 0.3 is 0 Å². The summed E-state index contributed by atoms with van der Waals surface area (Å²) in [4.78, 5) is 9.78. The standard InChI is InChI=1S/C58H62N4O/c1-14-37-26-41(57(8,9)10)31-48-49-32-42(58(11,12)13)27-38(15-2)55(49)61(54(37)48)43-21-23-60-53(33-43)62-51-19-16-35(3)24-47(51)46-18-17-44(34-52(46)62)63-45-29-39(28-40(30-45)56(5,6)7)50-25-36(4)20-22-59-50/h16-34H,14-15H2,1-13H3/i14D2,15D2. The van der Waals surface area contributed by atoms with Crippen LogP contribution in [0.5, 0.6) is 11.5 Å². The molecule has 0 amide bonds. The van der Waals surface area contributed by atoms with Crippen LogP contribution in [0.2, 0.25) is 0 Å². The van der Waals surface area contributed by atoms with E-state index in [1.165, 1.54) is 0 Å². The number of pyridine rings is 2. The van der Waals surface area contributed by atoms with Crippen molar-refractivity contribution in [3.05, 3.63) is 154 Å². The molecule has 0 saturated carbocycles. The average molecular weight is 835 g/mol. The second-order valence-electron chi connectivity index (χ2n) is 20.4. The van der Waals surface area contributed by atoms with E-state index in [1.807, 2.05) is 36.5 Å². The molecule has 5 heteroatoms. The van der Waals surface area contributed by atoms with Gasteiger partial charge in [0.1, 0.15) is 17.3 Å². The van der Waals surface area contributed by atoms with Crippen molar-refractivity contribution in [2.24, 2.45) is 0 Å². The van der Waals surface area contributed by atoms with Gasteiger partial charge in [0, 0.05) is 57.1 Å². The molecule has 0 atom stereocenters. The van der Waals surface area contributed by atoms with Crippen LogP contribution in [0.15, 0.2) is 116 Å². The lowest BCUT2D eigenvalue weighted by atomic mass is 9.83. The largest absolute Gasteiger partial charge is 0.457 e. The topological polar surface area (TPSA) is 44.9 Å². The van der Waals surface area contributed by atoms with Crippen LogP contribution in [-0.2, 0) is 29.0 Å². The lowest BCUT2D eigenvalue weighted by Gasteiger charge is -2.21. The van der Waals surface area contributed by atoms with E-state index in [2.05, 4.69) is 158 Å². The molecule has 320 valence electrons. The van der Waals surface area contributed by atoms with E-state index in [0.717, 1.165) is 94.1 Å². The Morgan fingerprint density at radius 2 is 1.11 bits per heavy atom. The van der Waals surface area contributed by atoms with Crippen LogP contribution in [0, 0.1) is 13.8 Å². The fourth-order valence-electron chi connectivity index (χ4n) is 8.94. The molecule has 5 aromatic carbocycles. The Kier molecular flexibility index (Phi) is 9.05. The third-order valence-corrected chi connectivity index (χ3v) is 12.6. The van der Waals surface area contributed by atoms with Crippen molar-refractivity contribution in [1.29, 1.82) is 0 Å². The summed E-state index contributed by atoms with van der Waals surface area (Å²) in [5.41, 5.74) is 11.8. The minimum Gasteiger partial charge on any atom is -0.457 e. The van der Waals surface area contributed by atoms with E-state index >= 15 is 0 Å². The second kappa shape index (κ2) is 15.3. The molecule has 63 heavy (non-hydrogen) atoms. The molecule has 0 aliphatic carbocycles. The van der Waals surface area contributed by atoms with Crippen molar-refractivity contribution >= 4 is 43.6 Å². The zero-order chi connectivity index (χ0) is 48.3. The average Bonchev–Trinajstić information content (AvgIpc) is 3.73. The van der Waals surface area contributed by atoms with Gasteiger partial charge in [-0.25, -0.2) is 4.98 Å². The molecular weight excluding hydrogens is 769 g/mol. The number of aromatic nitrogens is 4. The minimum atomic E-state index is -1.73. The Morgan fingerprint density at radius 3 is 1.71 bits per heavy atom. The second-order valence-corrected chi connectivity index (χ2v) is 20.4. The molecule has 0 aliphatic rings. The number of hydrogen-bond acceptors (Lipinski definition) is 3. The highest BCUT2D eigenvalue weighted by molar-refractivity contribution is 6.12. The normalized spacial score (nSPS) is 14.0.